The maximum atomic E-state index is 13.4. The molecule has 43 heavy (non-hydrogen) atoms. The van der Waals surface area contributed by atoms with Crippen LogP contribution < -0.4 is 19.8 Å². The zero-order chi connectivity index (χ0) is 30.7. The lowest BCUT2D eigenvalue weighted by Gasteiger charge is -2.14. The van der Waals surface area contributed by atoms with E-state index in [0.717, 1.165) is 0 Å². The van der Waals surface area contributed by atoms with Crippen molar-refractivity contribution in [3.63, 3.8) is 0 Å². The largest absolute Gasteiger partial charge is 0.493 e. The van der Waals surface area contributed by atoms with Gasteiger partial charge < -0.3 is 24.3 Å². The van der Waals surface area contributed by atoms with Gasteiger partial charge in [-0.3, -0.25) is 9.59 Å². The maximum absolute atomic E-state index is 13.4. The second-order valence-corrected chi connectivity index (χ2v) is 10.1. The number of ether oxygens (including phenoxy) is 2. The fourth-order valence-corrected chi connectivity index (χ4v) is 5.03. The number of carboxylic acids is 1. The number of anilines is 2. The summed E-state index contributed by atoms with van der Waals surface area (Å²) in [7, 11) is 3.04. The number of furan rings is 1. The second-order valence-electron chi connectivity index (χ2n) is 9.69. The molecule has 1 aliphatic heterocycles. The number of aromatic carboxylic acids is 1. The number of hydrogen-bond acceptors (Lipinski definition) is 7. The molecule has 3 aromatic carbocycles. The molecule has 0 fully saturated rings. The van der Waals surface area contributed by atoms with Gasteiger partial charge in [0.15, 0.2) is 11.5 Å². The van der Waals surface area contributed by atoms with Crippen molar-refractivity contribution < 1.29 is 33.4 Å². The van der Waals surface area contributed by atoms with Gasteiger partial charge in [-0.15, -0.1) is 0 Å². The van der Waals surface area contributed by atoms with Crippen molar-refractivity contribution in [3.8, 4) is 22.8 Å². The number of carbonyl (C=O) groups is 3. The van der Waals surface area contributed by atoms with Gasteiger partial charge in [0.2, 0.25) is 0 Å². The highest BCUT2D eigenvalue weighted by Gasteiger charge is 2.36. The van der Waals surface area contributed by atoms with E-state index in [2.05, 4.69) is 10.4 Å². The average Bonchev–Trinajstić information content (AvgIpc) is 3.61. The fraction of sp³-hybridized carbons (Fsp3) is 0.188. The number of rotatable bonds is 10. The molecule has 2 heterocycles. The van der Waals surface area contributed by atoms with E-state index in [9.17, 15) is 19.5 Å². The first-order chi connectivity index (χ1) is 20.7. The number of hydrazone groups is 1. The van der Waals surface area contributed by atoms with E-state index in [1.807, 2.05) is 6.92 Å². The molecular formula is C32H28ClN3O7. The van der Waals surface area contributed by atoms with Crippen molar-refractivity contribution in [1.29, 1.82) is 0 Å². The predicted molar refractivity (Wildman–Crippen MR) is 162 cm³/mol. The number of amides is 2. The van der Waals surface area contributed by atoms with E-state index >= 15 is 0 Å². The van der Waals surface area contributed by atoms with E-state index in [4.69, 9.17) is 25.5 Å². The normalized spacial score (nSPS) is 14.4. The van der Waals surface area contributed by atoms with Gasteiger partial charge in [0.25, 0.3) is 11.8 Å². The number of carbonyl (C=O) groups excluding carboxylic acids is 2. The molecule has 220 valence electrons. The van der Waals surface area contributed by atoms with Crippen molar-refractivity contribution in [3.05, 3.63) is 94.7 Å². The third-order valence-corrected chi connectivity index (χ3v) is 7.37. The summed E-state index contributed by atoms with van der Waals surface area (Å²) >= 11 is 6.38. The van der Waals surface area contributed by atoms with Gasteiger partial charge in [0, 0.05) is 23.7 Å². The predicted octanol–water partition coefficient (Wildman–Crippen LogP) is 6.54. The number of methoxy groups -OCH3 is 2. The van der Waals surface area contributed by atoms with Crippen molar-refractivity contribution in [2.45, 2.75) is 19.8 Å². The summed E-state index contributed by atoms with van der Waals surface area (Å²) in [6, 6.07) is 19.7. The molecule has 1 unspecified atom stereocenters. The van der Waals surface area contributed by atoms with Crippen molar-refractivity contribution in [2.24, 2.45) is 11.0 Å². The summed E-state index contributed by atoms with van der Waals surface area (Å²) in [6.45, 7) is 1.91. The Morgan fingerprint density at radius 1 is 1.02 bits per heavy atom. The van der Waals surface area contributed by atoms with E-state index < -0.39 is 17.8 Å². The summed E-state index contributed by atoms with van der Waals surface area (Å²) in [5.74, 6) is -0.276. The van der Waals surface area contributed by atoms with Crippen LogP contribution in [0.15, 0.2) is 82.3 Å². The van der Waals surface area contributed by atoms with Gasteiger partial charge in [-0.25, -0.2) is 9.80 Å². The highest BCUT2D eigenvalue weighted by Crippen LogP contribution is 2.33. The van der Waals surface area contributed by atoms with E-state index in [-0.39, 0.29) is 28.5 Å². The number of benzene rings is 3. The van der Waals surface area contributed by atoms with Crippen LogP contribution in [0.5, 0.6) is 11.5 Å². The Morgan fingerprint density at radius 2 is 1.81 bits per heavy atom. The van der Waals surface area contributed by atoms with E-state index in [1.54, 1.807) is 60.7 Å². The molecule has 1 aromatic heterocycles. The molecule has 11 heteroatoms. The lowest BCUT2D eigenvalue weighted by atomic mass is 9.96. The molecule has 2 amide bonds. The van der Waals surface area contributed by atoms with Gasteiger partial charge in [-0.2, -0.15) is 5.10 Å². The first-order valence-electron chi connectivity index (χ1n) is 13.4. The highest BCUT2D eigenvalue weighted by molar-refractivity contribution is 6.34. The molecular weight excluding hydrogens is 574 g/mol. The molecule has 0 saturated carbocycles. The Kier molecular flexibility index (Phi) is 8.49. The minimum atomic E-state index is -1.09. The highest BCUT2D eigenvalue weighted by atomic mass is 35.5. The van der Waals surface area contributed by atoms with Crippen LogP contribution in [0.4, 0.5) is 11.4 Å². The minimum absolute atomic E-state index is 0.0671. The molecule has 0 radical (unpaired) electrons. The Balaban J connectivity index is 1.33. The molecule has 5 rings (SSSR count). The van der Waals surface area contributed by atoms with Crippen LogP contribution in [-0.4, -0.2) is 42.8 Å². The van der Waals surface area contributed by atoms with Crippen LogP contribution >= 0.6 is 11.6 Å². The molecule has 0 saturated heterocycles. The van der Waals surface area contributed by atoms with Crippen LogP contribution in [0, 0.1) is 5.92 Å². The summed E-state index contributed by atoms with van der Waals surface area (Å²) in [5, 5.41) is 18.2. The smallest absolute Gasteiger partial charge is 0.335 e. The number of nitrogens with zero attached hydrogens (tertiary/aromatic N) is 2. The first-order valence-corrected chi connectivity index (χ1v) is 13.8. The number of carboxylic acid groups (broad SMARTS) is 1. The standard InChI is InChI=1S/C32H28ClN3O7/c1-4-26-24(31(38)36(35-26)21-7-5-6-19(14-21)32(39)40)17-22-10-13-27(43-22)18-8-11-25(33)23(15-18)30(37)34-20-9-12-28(41-2)29(16-20)42-3/h5-16,24H,4,17H2,1-3H3,(H,34,37)(H,39,40). The van der Waals surface area contributed by atoms with Crippen molar-refractivity contribution in [1.82, 2.24) is 0 Å². The summed E-state index contributed by atoms with van der Waals surface area (Å²) in [5.41, 5.74) is 2.50. The topological polar surface area (TPSA) is 131 Å². The van der Waals surface area contributed by atoms with Crippen LogP contribution in [0.25, 0.3) is 11.3 Å². The quantitative estimate of drug-likeness (QED) is 0.211. The molecule has 0 spiro atoms. The van der Waals surface area contributed by atoms with Gasteiger partial charge in [-0.05, 0) is 67.1 Å². The summed E-state index contributed by atoms with van der Waals surface area (Å²) < 4.78 is 16.7. The SMILES string of the molecule is CCC1=NN(c2cccc(C(=O)O)c2)C(=O)C1Cc1ccc(-c2ccc(Cl)c(C(=O)Nc3ccc(OC)c(OC)c3)c2)o1. The molecule has 1 atom stereocenters. The van der Waals surface area contributed by atoms with Crippen molar-refractivity contribution in [2.75, 3.05) is 24.5 Å². The molecule has 10 nitrogen and oxygen atoms in total. The third-order valence-electron chi connectivity index (χ3n) is 7.04. The Bertz CT molecular complexity index is 1750. The minimum Gasteiger partial charge on any atom is -0.493 e. The lowest BCUT2D eigenvalue weighted by molar-refractivity contribution is -0.119. The number of halogens is 1. The molecule has 1 aliphatic rings. The summed E-state index contributed by atoms with van der Waals surface area (Å²) in [4.78, 5) is 37.9. The maximum Gasteiger partial charge on any atom is 0.335 e. The van der Waals surface area contributed by atoms with Gasteiger partial charge in [0.05, 0.1) is 47.7 Å². The molecule has 0 bridgehead atoms. The Labute approximate surface area is 252 Å². The summed E-state index contributed by atoms with van der Waals surface area (Å²) in [6.07, 6.45) is 0.801. The Morgan fingerprint density at radius 3 is 2.53 bits per heavy atom. The van der Waals surface area contributed by atoms with Gasteiger partial charge in [0.1, 0.15) is 11.5 Å². The van der Waals surface area contributed by atoms with Gasteiger partial charge >= 0.3 is 5.97 Å². The Hall–Kier alpha value is -5.09. The average molecular weight is 602 g/mol. The van der Waals surface area contributed by atoms with Crippen LogP contribution in [-0.2, 0) is 11.2 Å². The fourth-order valence-electron chi connectivity index (χ4n) is 4.82. The number of nitrogens with one attached hydrogen (secondary N) is 1. The van der Waals surface area contributed by atoms with Crippen molar-refractivity contribution >= 4 is 46.5 Å². The van der Waals surface area contributed by atoms with Gasteiger partial charge in [-0.1, -0.05) is 24.6 Å². The van der Waals surface area contributed by atoms with E-state index in [0.29, 0.717) is 52.1 Å². The van der Waals surface area contributed by atoms with Crippen LogP contribution in [0.3, 0.4) is 0 Å². The molecule has 2 N–H and O–H groups in total. The lowest BCUT2D eigenvalue weighted by Crippen LogP contribution is -2.28. The van der Waals surface area contributed by atoms with Crippen LogP contribution in [0.2, 0.25) is 5.02 Å². The number of hydrogen-bond donors (Lipinski definition) is 2. The molecule has 4 aromatic rings. The third kappa shape index (κ3) is 6.09. The molecule has 0 aliphatic carbocycles. The zero-order valence-electron chi connectivity index (χ0n) is 23.6. The first kappa shape index (κ1) is 29.4. The van der Waals surface area contributed by atoms with Crippen LogP contribution in [0.1, 0.15) is 39.8 Å². The van der Waals surface area contributed by atoms with E-state index in [1.165, 1.54) is 31.4 Å². The second kappa shape index (κ2) is 12.4. The monoisotopic (exact) mass is 601 g/mol. The zero-order valence-corrected chi connectivity index (χ0v) is 24.3.